The lowest BCUT2D eigenvalue weighted by atomic mass is 10.0. The Kier molecular flexibility index (Phi) is 6.54. The average molecular weight is 396 g/mol. The highest BCUT2D eigenvalue weighted by atomic mass is 35.5. The van der Waals surface area contributed by atoms with E-state index in [0.717, 1.165) is 0 Å². The topological polar surface area (TPSA) is 115 Å². The van der Waals surface area contributed by atoms with E-state index in [2.05, 4.69) is 5.32 Å². The van der Waals surface area contributed by atoms with Gasteiger partial charge >= 0.3 is 0 Å². The molecular weight excluding hydrogens is 381 g/mol. The molecule has 0 aliphatic rings. The summed E-state index contributed by atoms with van der Waals surface area (Å²) in [5.41, 5.74) is 6.18. The number of hydrogen-bond donors (Lipinski definition) is 2. The first-order chi connectivity index (χ1) is 12.3. The van der Waals surface area contributed by atoms with E-state index in [0.29, 0.717) is 21.2 Å². The molecule has 0 aliphatic heterocycles. The molecule has 0 saturated carbocycles. The van der Waals surface area contributed by atoms with Gasteiger partial charge in [-0.05, 0) is 23.3 Å². The summed E-state index contributed by atoms with van der Waals surface area (Å²) in [5.74, 6) is -1.24. The van der Waals surface area contributed by atoms with E-state index in [1.165, 1.54) is 18.2 Å². The first kappa shape index (κ1) is 19.7. The van der Waals surface area contributed by atoms with Crippen molar-refractivity contribution in [3.8, 4) is 0 Å². The normalized spacial score (nSPS) is 11.6. The van der Waals surface area contributed by atoms with E-state index >= 15 is 0 Å². The molecule has 0 spiro atoms. The summed E-state index contributed by atoms with van der Waals surface area (Å²) in [6, 6.07) is 9.56. The van der Waals surface area contributed by atoms with Gasteiger partial charge in [0.05, 0.1) is 11.3 Å². The minimum absolute atomic E-state index is 0.0362. The molecule has 0 bridgehead atoms. The monoisotopic (exact) mass is 395 g/mol. The average Bonchev–Trinajstić information content (AvgIpc) is 2.57. The Labute approximate surface area is 159 Å². The summed E-state index contributed by atoms with van der Waals surface area (Å²) < 4.78 is 0. The molecule has 3 N–H and O–H groups in total. The molecule has 0 heterocycles. The number of carbonyl (C=O) groups is 2. The van der Waals surface area contributed by atoms with Crippen LogP contribution in [0, 0.1) is 10.1 Å². The first-order valence-electron chi connectivity index (χ1n) is 7.53. The van der Waals surface area contributed by atoms with Crippen molar-refractivity contribution in [1.82, 2.24) is 5.32 Å². The van der Waals surface area contributed by atoms with Gasteiger partial charge in [-0.25, -0.2) is 0 Å². The zero-order chi connectivity index (χ0) is 19.3. The highest BCUT2D eigenvalue weighted by Crippen LogP contribution is 2.25. The van der Waals surface area contributed by atoms with Gasteiger partial charge in [0.25, 0.3) is 5.69 Å². The number of benzene rings is 2. The van der Waals surface area contributed by atoms with Crippen LogP contribution in [-0.2, 0) is 22.4 Å². The van der Waals surface area contributed by atoms with Crippen LogP contribution in [0.15, 0.2) is 42.5 Å². The standard InChI is InChI=1S/C17H15Cl2N3O4/c18-13-5-2-6-14(19)12(13)9-15(17(20)24)21-16(23)8-10-3-1-4-11(7-10)22(25)26/h1-7,15H,8-9H2,(H2,20,24)(H,21,23)/t15-/m0/s1. The van der Waals surface area contributed by atoms with Gasteiger partial charge in [-0.15, -0.1) is 0 Å². The highest BCUT2D eigenvalue weighted by molar-refractivity contribution is 6.36. The number of nitro benzene ring substituents is 1. The second-order valence-electron chi connectivity index (χ2n) is 5.53. The third-order valence-corrected chi connectivity index (χ3v) is 4.34. The van der Waals surface area contributed by atoms with Crippen molar-refractivity contribution in [3.63, 3.8) is 0 Å². The number of primary amides is 1. The molecular formula is C17H15Cl2N3O4. The SMILES string of the molecule is NC(=O)[C@H](Cc1c(Cl)cccc1Cl)NC(=O)Cc1cccc([N+](=O)[O-])c1. The van der Waals surface area contributed by atoms with Crippen molar-refractivity contribution in [2.24, 2.45) is 5.73 Å². The number of rotatable bonds is 7. The zero-order valence-corrected chi connectivity index (χ0v) is 15.0. The minimum atomic E-state index is -1.02. The second-order valence-corrected chi connectivity index (χ2v) is 6.34. The van der Waals surface area contributed by atoms with Crippen LogP contribution in [0.1, 0.15) is 11.1 Å². The molecule has 0 fully saturated rings. The molecule has 0 aromatic heterocycles. The minimum Gasteiger partial charge on any atom is -0.368 e. The van der Waals surface area contributed by atoms with Gasteiger partial charge in [-0.2, -0.15) is 0 Å². The number of nitro groups is 1. The third kappa shape index (κ3) is 5.18. The van der Waals surface area contributed by atoms with E-state index in [9.17, 15) is 19.7 Å². The molecule has 2 aromatic rings. The summed E-state index contributed by atoms with van der Waals surface area (Å²) >= 11 is 12.2. The smallest absolute Gasteiger partial charge is 0.269 e. The van der Waals surface area contributed by atoms with E-state index in [1.807, 2.05) is 0 Å². The highest BCUT2D eigenvalue weighted by Gasteiger charge is 2.21. The van der Waals surface area contributed by atoms with Crippen molar-refractivity contribution in [3.05, 3.63) is 73.8 Å². The van der Waals surface area contributed by atoms with Crippen molar-refractivity contribution < 1.29 is 14.5 Å². The number of nitrogens with two attached hydrogens (primary N) is 1. The molecule has 2 aromatic carbocycles. The van der Waals surface area contributed by atoms with E-state index in [1.54, 1.807) is 24.3 Å². The molecule has 1 atom stereocenters. The quantitative estimate of drug-likeness (QED) is 0.553. The number of carbonyl (C=O) groups excluding carboxylic acids is 2. The van der Waals surface area contributed by atoms with Gasteiger partial charge in [0.2, 0.25) is 11.8 Å². The Balaban J connectivity index is 2.10. The van der Waals surface area contributed by atoms with Crippen molar-refractivity contribution in [2.75, 3.05) is 0 Å². The van der Waals surface area contributed by atoms with Gasteiger partial charge in [-0.3, -0.25) is 19.7 Å². The number of nitrogens with one attached hydrogen (secondary N) is 1. The number of nitrogens with zero attached hydrogens (tertiary/aromatic N) is 1. The summed E-state index contributed by atoms with van der Waals surface area (Å²) in [5, 5.41) is 14.0. The van der Waals surface area contributed by atoms with Crippen LogP contribution < -0.4 is 11.1 Å². The van der Waals surface area contributed by atoms with Crippen LogP contribution in [0.25, 0.3) is 0 Å². The van der Waals surface area contributed by atoms with Gasteiger partial charge in [0, 0.05) is 28.6 Å². The second kappa shape index (κ2) is 8.64. The Bertz CT molecular complexity index is 837. The number of halogens is 2. The fraction of sp³-hybridized carbons (Fsp3) is 0.176. The van der Waals surface area contributed by atoms with Crippen LogP contribution in [0.5, 0.6) is 0 Å². The maximum absolute atomic E-state index is 12.2. The lowest BCUT2D eigenvalue weighted by Crippen LogP contribution is -2.46. The van der Waals surface area contributed by atoms with Crippen molar-refractivity contribution in [2.45, 2.75) is 18.9 Å². The van der Waals surface area contributed by atoms with Crippen LogP contribution in [0.3, 0.4) is 0 Å². The van der Waals surface area contributed by atoms with Crippen LogP contribution >= 0.6 is 23.2 Å². The van der Waals surface area contributed by atoms with Crippen molar-refractivity contribution in [1.29, 1.82) is 0 Å². The summed E-state index contributed by atoms with van der Waals surface area (Å²) in [4.78, 5) is 34.1. The number of non-ortho nitro benzene ring substituents is 1. The van der Waals surface area contributed by atoms with Crippen LogP contribution in [0.2, 0.25) is 10.0 Å². The molecule has 2 rings (SSSR count). The van der Waals surface area contributed by atoms with Crippen molar-refractivity contribution >= 4 is 40.7 Å². The van der Waals surface area contributed by atoms with Crippen LogP contribution in [-0.4, -0.2) is 22.8 Å². The Morgan fingerprint density at radius 2 is 1.77 bits per heavy atom. The molecule has 0 saturated heterocycles. The molecule has 26 heavy (non-hydrogen) atoms. The molecule has 9 heteroatoms. The van der Waals surface area contributed by atoms with Gasteiger partial charge in [0.1, 0.15) is 6.04 Å². The summed E-state index contributed by atoms with van der Waals surface area (Å²) in [6.07, 6.45) is -0.101. The summed E-state index contributed by atoms with van der Waals surface area (Å²) in [6.45, 7) is 0. The molecule has 7 nitrogen and oxygen atoms in total. The number of hydrogen-bond acceptors (Lipinski definition) is 4. The van der Waals surface area contributed by atoms with Gasteiger partial charge < -0.3 is 11.1 Å². The van der Waals surface area contributed by atoms with E-state index in [-0.39, 0.29) is 18.5 Å². The fourth-order valence-corrected chi connectivity index (χ4v) is 2.92. The third-order valence-electron chi connectivity index (χ3n) is 3.63. The Hall–Kier alpha value is -2.64. The van der Waals surface area contributed by atoms with Gasteiger partial charge in [-0.1, -0.05) is 41.4 Å². The first-order valence-corrected chi connectivity index (χ1v) is 8.28. The summed E-state index contributed by atoms with van der Waals surface area (Å²) in [7, 11) is 0. The molecule has 0 unspecified atom stereocenters. The zero-order valence-electron chi connectivity index (χ0n) is 13.4. The van der Waals surface area contributed by atoms with Crippen LogP contribution in [0.4, 0.5) is 5.69 Å². The van der Waals surface area contributed by atoms with E-state index < -0.39 is 22.8 Å². The number of amides is 2. The lowest BCUT2D eigenvalue weighted by molar-refractivity contribution is -0.384. The van der Waals surface area contributed by atoms with Gasteiger partial charge in [0.15, 0.2) is 0 Å². The van der Waals surface area contributed by atoms with E-state index in [4.69, 9.17) is 28.9 Å². The fourth-order valence-electron chi connectivity index (χ4n) is 2.36. The largest absolute Gasteiger partial charge is 0.368 e. The Morgan fingerprint density at radius 1 is 1.15 bits per heavy atom. The maximum atomic E-state index is 12.2. The predicted molar refractivity (Wildman–Crippen MR) is 98.1 cm³/mol. The maximum Gasteiger partial charge on any atom is 0.269 e. The predicted octanol–water partition coefficient (Wildman–Crippen LogP) is 2.66. The molecule has 136 valence electrons. The Morgan fingerprint density at radius 3 is 2.35 bits per heavy atom. The molecule has 2 amide bonds. The molecule has 0 radical (unpaired) electrons. The molecule has 0 aliphatic carbocycles. The lowest BCUT2D eigenvalue weighted by Gasteiger charge is -2.17.